The van der Waals surface area contributed by atoms with E-state index < -0.39 is 0 Å². The van der Waals surface area contributed by atoms with Crippen LogP contribution in [0, 0.1) is 0 Å². The third-order valence-corrected chi connectivity index (χ3v) is 5.23. The lowest BCUT2D eigenvalue weighted by Gasteiger charge is -2.11. The van der Waals surface area contributed by atoms with Crippen LogP contribution >= 0.6 is 11.3 Å². The summed E-state index contributed by atoms with van der Waals surface area (Å²) in [4.78, 5) is 24.8. The van der Waals surface area contributed by atoms with Crippen LogP contribution in [0.15, 0.2) is 4.79 Å². The lowest BCUT2D eigenvalue weighted by Crippen LogP contribution is -2.20. The first-order valence-corrected chi connectivity index (χ1v) is 7.73. The first-order chi connectivity index (χ1) is 9.72. The Morgan fingerprint density at radius 2 is 2.25 bits per heavy atom. The fraction of sp³-hybridized carbons (Fsp3) is 0.615. The second-order valence-electron chi connectivity index (χ2n) is 5.47. The third kappa shape index (κ3) is 1.81. The third-order valence-electron chi connectivity index (χ3n) is 4.17. The Morgan fingerprint density at radius 1 is 1.40 bits per heavy atom. The highest BCUT2D eigenvalue weighted by molar-refractivity contribution is 7.18. The topological polar surface area (TPSA) is 79.9 Å². The lowest BCUT2D eigenvalue weighted by molar-refractivity contribution is 0.0712. The SMILES string of the molecule is COC1(c2nc3sc(C4CCCN4)nc3c(=O)[nH]2)CC1. The Hall–Kier alpha value is -1.31. The van der Waals surface area contributed by atoms with E-state index in [1.807, 2.05) is 0 Å². The standard InChI is InChI=1S/C13H16N4O2S/c1-19-13(4-5-13)12-16-9(18)8-11(17-12)20-10(15-8)7-3-2-6-14-7/h7,14H,2-6H2,1H3,(H,16,17,18). The van der Waals surface area contributed by atoms with E-state index in [2.05, 4.69) is 20.3 Å². The molecule has 20 heavy (non-hydrogen) atoms. The van der Waals surface area contributed by atoms with E-state index in [0.717, 1.165) is 42.1 Å². The van der Waals surface area contributed by atoms with Gasteiger partial charge in [0.15, 0.2) is 10.3 Å². The van der Waals surface area contributed by atoms with Crippen molar-refractivity contribution in [3.8, 4) is 0 Å². The number of H-pyrrole nitrogens is 1. The molecule has 4 rings (SSSR count). The Balaban J connectivity index is 1.81. The number of hydrogen-bond donors (Lipinski definition) is 2. The van der Waals surface area contributed by atoms with Gasteiger partial charge in [0.1, 0.15) is 16.4 Å². The first kappa shape index (κ1) is 12.4. The van der Waals surface area contributed by atoms with Gasteiger partial charge in [-0.1, -0.05) is 11.3 Å². The molecule has 1 atom stereocenters. The van der Waals surface area contributed by atoms with Crippen molar-refractivity contribution < 1.29 is 4.74 Å². The quantitative estimate of drug-likeness (QED) is 0.895. The zero-order valence-corrected chi connectivity index (χ0v) is 12.0. The molecule has 0 aromatic carbocycles. The van der Waals surface area contributed by atoms with E-state index in [0.29, 0.717) is 11.3 Å². The largest absolute Gasteiger partial charge is 0.370 e. The van der Waals surface area contributed by atoms with Crippen molar-refractivity contribution >= 4 is 21.7 Å². The molecule has 1 saturated heterocycles. The molecule has 106 valence electrons. The molecule has 1 aliphatic carbocycles. The van der Waals surface area contributed by atoms with Crippen molar-refractivity contribution in [2.45, 2.75) is 37.3 Å². The summed E-state index contributed by atoms with van der Waals surface area (Å²) in [6, 6.07) is 0.273. The van der Waals surface area contributed by atoms with Gasteiger partial charge in [-0.05, 0) is 32.2 Å². The lowest BCUT2D eigenvalue weighted by atomic mass is 10.2. The molecule has 3 heterocycles. The van der Waals surface area contributed by atoms with E-state index in [-0.39, 0.29) is 17.2 Å². The van der Waals surface area contributed by atoms with E-state index in [1.165, 1.54) is 11.3 Å². The average Bonchev–Trinajstić information content (AvgIpc) is 2.89. The van der Waals surface area contributed by atoms with E-state index in [4.69, 9.17) is 4.74 Å². The van der Waals surface area contributed by atoms with Crippen LogP contribution in [0.3, 0.4) is 0 Å². The van der Waals surface area contributed by atoms with Crippen LogP contribution in [0.5, 0.6) is 0 Å². The Bertz CT molecular complexity index is 713. The van der Waals surface area contributed by atoms with Gasteiger partial charge in [-0.2, -0.15) is 0 Å². The molecule has 0 spiro atoms. The molecule has 0 radical (unpaired) electrons. The van der Waals surface area contributed by atoms with Crippen LogP contribution < -0.4 is 10.9 Å². The van der Waals surface area contributed by atoms with Gasteiger partial charge in [-0.3, -0.25) is 4.79 Å². The summed E-state index contributed by atoms with van der Waals surface area (Å²) in [5.74, 6) is 0.645. The number of ether oxygens (including phenoxy) is 1. The van der Waals surface area contributed by atoms with Gasteiger partial charge in [0.05, 0.1) is 6.04 Å². The maximum Gasteiger partial charge on any atom is 0.278 e. The molecule has 2 fully saturated rings. The van der Waals surface area contributed by atoms with Gasteiger partial charge >= 0.3 is 0 Å². The molecule has 1 unspecified atom stereocenters. The molecule has 2 aromatic heterocycles. The molecule has 2 aromatic rings. The summed E-state index contributed by atoms with van der Waals surface area (Å²) in [7, 11) is 1.66. The zero-order valence-electron chi connectivity index (χ0n) is 11.2. The zero-order chi connectivity index (χ0) is 13.7. The number of thiazole rings is 1. The van der Waals surface area contributed by atoms with Gasteiger partial charge in [0.25, 0.3) is 5.56 Å². The van der Waals surface area contributed by atoms with Crippen molar-refractivity contribution in [2.24, 2.45) is 0 Å². The van der Waals surface area contributed by atoms with Crippen molar-refractivity contribution in [1.29, 1.82) is 0 Å². The fourth-order valence-corrected chi connectivity index (χ4v) is 3.81. The Labute approximate surface area is 119 Å². The number of aromatic nitrogens is 3. The van der Waals surface area contributed by atoms with Crippen LogP contribution in [0.2, 0.25) is 0 Å². The summed E-state index contributed by atoms with van der Waals surface area (Å²) in [5.41, 5.74) is -0.0773. The number of nitrogens with zero attached hydrogens (tertiary/aromatic N) is 2. The minimum atomic E-state index is -0.372. The molecule has 7 heteroatoms. The Kier molecular flexibility index (Phi) is 2.70. The number of nitrogens with one attached hydrogen (secondary N) is 2. The minimum absolute atomic E-state index is 0.158. The van der Waals surface area contributed by atoms with Gasteiger partial charge in [-0.25, -0.2) is 9.97 Å². The second-order valence-corrected chi connectivity index (χ2v) is 6.48. The van der Waals surface area contributed by atoms with E-state index >= 15 is 0 Å². The van der Waals surface area contributed by atoms with Crippen LogP contribution in [0.4, 0.5) is 0 Å². The molecular formula is C13H16N4O2S. The average molecular weight is 292 g/mol. The van der Waals surface area contributed by atoms with Gasteiger partial charge in [-0.15, -0.1) is 0 Å². The predicted octanol–water partition coefficient (Wildman–Crippen LogP) is 1.44. The number of rotatable bonds is 3. The van der Waals surface area contributed by atoms with Gasteiger partial charge < -0.3 is 15.0 Å². The van der Waals surface area contributed by atoms with Crippen molar-refractivity contribution in [3.05, 3.63) is 21.2 Å². The Morgan fingerprint density at radius 3 is 2.90 bits per heavy atom. The molecular weight excluding hydrogens is 276 g/mol. The van der Waals surface area contributed by atoms with Crippen molar-refractivity contribution in [1.82, 2.24) is 20.3 Å². The molecule has 0 amide bonds. The number of methoxy groups -OCH3 is 1. The molecule has 6 nitrogen and oxygen atoms in total. The second kappa shape index (κ2) is 4.34. The summed E-state index contributed by atoms with van der Waals surface area (Å²) in [6.07, 6.45) is 4.05. The van der Waals surface area contributed by atoms with Crippen molar-refractivity contribution in [3.63, 3.8) is 0 Å². The minimum Gasteiger partial charge on any atom is -0.370 e. The maximum absolute atomic E-state index is 12.2. The summed E-state index contributed by atoms with van der Waals surface area (Å²) in [5, 5.41) is 4.37. The van der Waals surface area contributed by atoms with Crippen LogP contribution in [-0.2, 0) is 10.3 Å². The van der Waals surface area contributed by atoms with Crippen LogP contribution in [0.25, 0.3) is 10.3 Å². The highest BCUT2D eigenvalue weighted by Crippen LogP contribution is 2.47. The van der Waals surface area contributed by atoms with E-state index in [9.17, 15) is 4.79 Å². The fourth-order valence-electron chi connectivity index (χ4n) is 2.76. The molecule has 1 saturated carbocycles. The smallest absolute Gasteiger partial charge is 0.278 e. The normalized spacial score (nSPS) is 24.4. The summed E-state index contributed by atoms with van der Waals surface area (Å²) < 4.78 is 5.48. The highest BCUT2D eigenvalue weighted by Gasteiger charge is 2.47. The molecule has 2 aliphatic rings. The maximum atomic E-state index is 12.2. The predicted molar refractivity (Wildman–Crippen MR) is 75.9 cm³/mol. The number of fused-ring (bicyclic) bond motifs is 1. The molecule has 2 N–H and O–H groups in total. The number of aromatic amines is 1. The van der Waals surface area contributed by atoms with Crippen LogP contribution in [-0.4, -0.2) is 28.6 Å². The first-order valence-electron chi connectivity index (χ1n) is 6.92. The van der Waals surface area contributed by atoms with Gasteiger partial charge in [0, 0.05) is 7.11 Å². The summed E-state index contributed by atoms with van der Waals surface area (Å²) in [6.45, 7) is 1.02. The van der Waals surface area contributed by atoms with E-state index in [1.54, 1.807) is 7.11 Å². The van der Waals surface area contributed by atoms with Crippen molar-refractivity contribution in [2.75, 3.05) is 13.7 Å². The van der Waals surface area contributed by atoms with Crippen LogP contribution in [0.1, 0.15) is 42.6 Å². The molecule has 1 aliphatic heterocycles. The highest BCUT2D eigenvalue weighted by atomic mass is 32.1. The summed E-state index contributed by atoms with van der Waals surface area (Å²) >= 11 is 1.52. The number of hydrogen-bond acceptors (Lipinski definition) is 6. The monoisotopic (exact) mass is 292 g/mol. The molecule has 0 bridgehead atoms. The van der Waals surface area contributed by atoms with Gasteiger partial charge in [0.2, 0.25) is 0 Å².